The van der Waals surface area contributed by atoms with E-state index in [4.69, 9.17) is 5.11 Å². The fourth-order valence-electron chi connectivity index (χ4n) is 1.54. The minimum atomic E-state index is -0.829. The van der Waals surface area contributed by atoms with Gasteiger partial charge in [-0.15, -0.1) is 11.3 Å². The maximum atomic E-state index is 11.5. The van der Waals surface area contributed by atoms with Gasteiger partial charge in [-0.1, -0.05) is 0 Å². The third-order valence-corrected chi connectivity index (χ3v) is 4.64. The van der Waals surface area contributed by atoms with E-state index in [1.54, 1.807) is 11.3 Å². The van der Waals surface area contributed by atoms with E-state index >= 15 is 0 Å². The summed E-state index contributed by atoms with van der Waals surface area (Å²) >= 11 is 4.89. The molecule has 1 aliphatic carbocycles. The summed E-state index contributed by atoms with van der Waals surface area (Å²) in [6, 6.07) is 1.61. The summed E-state index contributed by atoms with van der Waals surface area (Å²) in [5.41, 5.74) is -0.719. The molecule has 1 heterocycles. The number of aliphatic carboxylic acids is 1. The first-order valence-electron chi connectivity index (χ1n) is 5.50. The molecule has 2 rings (SSSR count). The van der Waals surface area contributed by atoms with Crippen LogP contribution in [0.15, 0.2) is 15.9 Å². The van der Waals surface area contributed by atoms with E-state index < -0.39 is 11.4 Å². The summed E-state index contributed by atoms with van der Waals surface area (Å²) in [5.74, 6) is -0.829. The Balaban J connectivity index is 1.71. The Labute approximate surface area is 117 Å². The van der Waals surface area contributed by atoms with E-state index in [0.717, 1.165) is 9.35 Å². The van der Waals surface area contributed by atoms with Crippen molar-refractivity contribution in [3.05, 3.63) is 20.8 Å². The maximum Gasteiger partial charge on any atom is 0.315 e. The van der Waals surface area contributed by atoms with Crippen molar-refractivity contribution in [1.82, 2.24) is 10.6 Å². The van der Waals surface area contributed by atoms with Crippen LogP contribution in [0.3, 0.4) is 0 Å². The van der Waals surface area contributed by atoms with Crippen LogP contribution in [0.1, 0.15) is 17.7 Å². The molecule has 1 aliphatic rings. The minimum absolute atomic E-state index is 0.197. The van der Waals surface area contributed by atoms with Crippen molar-refractivity contribution in [2.45, 2.75) is 19.4 Å². The van der Waals surface area contributed by atoms with Gasteiger partial charge in [0.25, 0.3) is 0 Å². The van der Waals surface area contributed by atoms with Crippen LogP contribution < -0.4 is 10.6 Å². The quantitative estimate of drug-likeness (QED) is 0.773. The van der Waals surface area contributed by atoms with Crippen molar-refractivity contribution < 1.29 is 14.7 Å². The van der Waals surface area contributed by atoms with E-state index in [-0.39, 0.29) is 12.6 Å². The van der Waals surface area contributed by atoms with Crippen molar-refractivity contribution in [2.75, 3.05) is 6.54 Å². The molecule has 2 amide bonds. The Morgan fingerprint density at radius 3 is 2.67 bits per heavy atom. The lowest BCUT2D eigenvalue weighted by Crippen LogP contribution is -2.40. The van der Waals surface area contributed by atoms with Gasteiger partial charge in [-0.3, -0.25) is 4.79 Å². The van der Waals surface area contributed by atoms with E-state index in [1.807, 2.05) is 11.4 Å². The van der Waals surface area contributed by atoms with Crippen LogP contribution in [0.4, 0.5) is 4.79 Å². The Morgan fingerprint density at radius 2 is 2.17 bits per heavy atom. The lowest BCUT2D eigenvalue weighted by Gasteiger charge is -2.11. The maximum absolute atomic E-state index is 11.5. The second kappa shape index (κ2) is 5.27. The van der Waals surface area contributed by atoms with E-state index in [2.05, 4.69) is 26.6 Å². The van der Waals surface area contributed by atoms with Gasteiger partial charge in [-0.05, 0) is 34.8 Å². The summed E-state index contributed by atoms with van der Waals surface area (Å²) in [6.45, 7) is 0.643. The number of carbonyl (C=O) groups excluding carboxylic acids is 1. The van der Waals surface area contributed by atoms with Crippen LogP contribution in [0.2, 0.25) is 0 Å². The van der Waals surface area contributed by atoms with Crippen molar-refractivity contribution >= 4 is 39.3 Å². The highest BCUT2D eigenvalue weighted by atomic mass is 79.9. The molecular weight excluding hydrogens is 320 g/mol. The van der Waals surface area contributed by atoms with Gasteiger partial charge < -0.3 is 15.7 Å². The van der Waals surface area contributed by atoms with Crippen LogP contribution in [0.25, 0.3) is 0 Å². The number of thiophene rings is 1. The third kappa shape index (κ3) is 3.23. The highest BCUT2D eigenvalue weighted by molar-refractivity contribution is 9.10. The molecule has 1 saturated carbocycles. The first-order chi connectivity index (χ1) is 8.52. The molecule has 1 aromatic rings. The predicted octanol–water partition coefficient (Wildman–Crippen LogP) is 2.17. The molecule has 0 radical (unpaired) electrons. The van der Waals surface area contributed by atoms with Crippen LogP contribution in [-0.2, 0) is 11.3 Å². The third-order valence-electron chi connectivity index (χ3n) is 2.94. The fourth-order valence-corrected chi connectivity index (χ4v) is 2.93. The fraction of sp³-hybridized carbons (Fsp3) is 0.455. The summed E-state index contributed by atoms with van der Waals surface area (Å²) in [6.07, 6.45) is 1.28. The smallest absolute Gasteiger partial charge is 0.315 e. The van der Waals surface area contributed by atoms with E-state index in [9.17, 15) is 9.59 Å². The number of halogens is 1. The zero-order valence-electron chi connectivity index (χ0n) is 9.53. The monoisotopic (exact) mass is 332 g/mol. The number of hydrogen-bond acceptors (Lipinski definition) is 3. The van der Waals surface area contributed by atoms with Gasteiger partial charge in [0.05, 0.1) is 12.0 Å². The standard InChI is InChI=1S/C11H13BrN2O3S/c12-7-3-8(18-5-7)4-13-10(17)14-6-11(1-2-11)9(15)16/h3,5H,1-2,4,6H2,(H,15,16)(H2,13,14,17). The SMILES string of the molecule is O=C(NCc1cc(Br)cs1)NCC1(C(=O)O)CC1. The van der Waals surface area contributed by atoms with Crippen LogP contribution in [0, 0.1) is 5.41 Å². The molecule has 3 N–H and O–H groups in total. The molecule has 5 nitrogen and oxygen atoms in total. The lowest BCUT2D eigenvalue weighted by molar-refractivity contribution is -0.143. The first-order valence-corrected chi connectivity index (χ1v) is 7.17. The number of rotatable bonds is 5. The average molecular weight is 333 g/mol. The molecule has 0 aromatic carbocycles. The van der Waals surface area contributed by atoms with E-state index in [0.29, 0.717) is 19.4 Å². The zero-order chi connectivity index (χ0) is 13.2. The molecule has 18 heavy (non-hydrogen) atoms. The second-order valence-electron chi connectivity index (χ2n) is 4.35. The Morgan fingerprint density at radius 1 is 1.44 bits per heavy atom. The molecule has 0 aliphatic heterocycles. The number of carbonyl (C=O) groups is 2. The summed E-state index contributed by atoms with van der Waals surface area (Å²) < 4.78 is 0.993. The highest BCUT2D eigenvalue weighted by Crippen LogP contribution is 2.45. The molecule has 1 fully saturated rings. The summed E-state index contributed by atoms with van der Waals surface area (Å²) in [5, 5.41) is 16.2. The summed E-state index contributed by atoms with van der Waals surface area (Å²) in [7, 11) is 0. The van der Waals surface area contributed by atoms with Crippen LogP contribution in [0.5, 0.6) is 0 Å². The van der Waals surface area contributed by atoms with Crippen molar-refractivity contribution in [3.63, 3.8) is 0 Å². The van der Waals surface area contributed by atoms with Gasteiger partial charge >= 0.3 is 12.0 Å². The van der Waals surface area contributed by atoms with Crippen molar-refractivity contribution in [1.29, 1.82) is 0 Å². The number of nitrogens with one attached hydrogen (secondary N) is 2. The normalized spacial score (nSPS) is 16.1. The Bertz CT molecular complexity index is 471. The molecule has 0 saturated heterocycles. The van der Waals surface area contributed by atoms with Gasteiger partial charge in [0.2, 0.25) is 0 Å². The van der Waals surface area contributed by atoms with Gasteiger partial charge in [0.1, 0.15) is 0 Å². The van der Waals surface area contributed by atoms with Gasteiger partial charge in [0, 0.05) is 21.3 Å². The number of carboxylic acid groups (broad SMARTS) is 1. The Hall–Kier alpha value is -1.08. The molecule has 0 atom stereocenters. The van der Waals surface area contributed by atoms with Crippen molar-refractivity contribution in [2.24, 2.45) is 5.41 Å². The lowest BCUT2D eigenvalue weighted by atomic mass is 10.1. The number of amides is 2. The van der Waals surface area contributed by atoms with E-state index in [1.165, 1.54) is 0 Å². The van der Waals surface area contributed by atoms with Crippen molar-refractivity contribution in [3.8, 4) is 0 Å². The zero-order valence-corrected chi connectivity index (χ0v) is 11.9. The van der Waals surface area contributed by atoms with Crippen LogP contribution >= 0.6 is 27.3 Å². The highest BCUT2D eigenvalue weighted by Gasteiger charge is 2.50. The van der Waals surface area contributed by atoms with Gasteiger partial charge in [-0.25, -0.2) is 4.79 Å². The van der Waals surface area contributed by atoms with Gasteiger partial charge in [-0.2, -0.15) is 0 Å². The average Bonchev–Trinajstić information content (AvgIpc) is 3.02. The number of hydrogen-bond donors (Lipinski definition) is 3. The second-order valence-corrected chi connectivity index (χ2v) is 6.26. The van der Waals surface area contributed by atoms with Crippen LogP contribution in [-0.4, -0.2) is 23.7 Å². The molecule has 0 bridgehead atoms. The van der Waals surface area contributed by atoms with Gasteiger partial charge in [0.15, 0.2) is 0 Å². The predicted molar refractivity (Wildman–Crippen MR) is 71.6 cm³/mol. The Kier molecular flexibility index (Phi) is 3.91. The minimum Gasteiger partial charge on any atom is -0.481 e. The number of carboxylic acids is 1. The topological polar surface area (TPSA) is 78.4 Å². The summed E-state index contributed by atoms with van der Waals surface area (Å²) in [4.78, 5) is 23.4. The number of urea groups is 1. The molecule has 98 valence electrons. The first kappa shape index (κ1) is 13.4. The largest absolute Gasteiger partial charge is 0.481 e. The molecule has 1 aromatic heterocycles. The molecular formula is C11H13BrN2O3S. The molecule has 0 spiro atoms. The molecule has 0 unspecified atom stereocenters. The molecule has 7 heteroatoms.